The molecule has 2 rings (SSSR count). The molecule has 0 aromatic heterocycles. The van der Waals surface area contributed by atoms with Gasteiger partial charge in [-0.1, -0.05) is 50.6 Å². The van der Waals surface area contributed by atoms with E-state index in [0.29, 0.717) is 5.75 Å². The van der Waals surface area contributed by atoms with Crippen molar-refractivity contribution >= 4 is 22.9 Å². The number of thioether (sulfide) groups is 1. The van der Waals surface area contributed by atoms with Gasteiger partial charge in [0.1, 0.15) is 5.60 Å². The predicted octanol–water partition coefficient (Wildman–Crippen LogP) is 3.92. The summed E-state index contributed by atoms with van der Waals surface area (Å²) in [7, 11) is 0. The number of alkyl carbamates (subject to hydrolysis) is 1. The number of carbonyl (C=O) groups excluding carboxylic acids is 1. The zero-order valence-corrected chi connectivity index (χ0v) is 16.4. The molecule has 1 aromatic carbocycles. The summed E-state index contributed by atoms with van der Waals surface area (Å²) in [5.74, 6) is 0.617. The standard InChI is InChI=1S/C19H28N2O3S/c1-6-13(2)15(20-17(22)24-18(3,4)5)16-21-19(23,12-25-16)14-10-8-7-9-11-14/h7-11,13,15,23H,6,12H2,1-5H3,(H,20,22)/t13-,15-,19?/m0/s1. The van der Waals surface area contributed by atoms with Gasteiger partial charge in [0.2, 0.25) is 0 Å². The van der Waals surface area contributed by atoms with Crippen LogP contribution < -0.4 is 5.32 Å². The van der Waals surface area contributed by atoms with Gasteiger partial charge in [0.15, 0.2) is 5.72 Å². The Hall–Kier alpha value is -1.53. The normalized spacial score (nSPS) is 22.9. The fourth-order valence-corrected chi connectivity index (χ4v) is 3.82. The maximum Gasteiger partial charge on any atom is 0.408 e. The first-order valence-corrected chi connectivity index (χ1v) is 9.63. The highest BCUT2D eigenvalue weighted by molar-refractivity contribution is 8.14. The molecule has 0 saturated heterocycles. The topological polar surface area (TPSA) is 70.9 Å². The molecule has 1 amide bonds. The van der Waals surface area contributed by atoms with Crippen molar-refractivity contribution in [3.05, 3.63) is 35.9 Å². The van der Waals surface area contributed by atoms with Gasteiger partial charge in [-0.25, -0.2) is 9.79 Å². The number of nitrogens with one attached hydrogen (secondary N) is 1. The van der Waals surface area contributed by atoms with Crippen LogP contribution in [0, 0.1) is 5.92 Å². The second-order valence-corrected chi connectivity index (χ2v) is 8.43. The third-order valence-electron chi connectivity index (χ3n) is 4.10. The fourth-order valence-electron chi connectivity index (χ4n) is 2.55. The van der Waals surface area contributed by atoms with E-state index >= 15 is 0 Å². The molecular formula is C19H28N2O3S. The van der Waals surface area contributed by atoms with E-state index in [1.54, 1.807) is 0 Å². The van der Waals surface area contributed by atoms with Crippen LogP contribution in [-0.4, -0.2) is 33.6 Å². The minimum Gasteiger partial charge on any atom is -0.444 e. The van der Waals surface area contributed by atoms with Crippen LogP contribution in [0.3, 0.4) is 0 Å². The molecule has 0 aliphatic carbocycles. The lowest BCUT2D eigenvalue weighted by atomic mass is 9.99. The summed E-state index contributed by atoms with van der Waals surface area (Å²) in [4.78, 5) is 16.8. The Morgan fingerprint density at radius 2 is 2.04 bits per heavy atom. The molecule has 1 aliphatic heterocycles. The van der Waals surface area contributed by atoms with E-state index in [2.05, 4.69) is 24.2 Å². The molecule has 0 radical (unpaired) electrons. The molecule has 1 unspecified atom stereocenters. The van der Waals surface area contributed by atoms with Crippen LogP contribution in [-0.2, 0) is 10.5 Å². The number of rotatable bonds is 5. The Kier molecular flexibility index (Phi) is 6.16. The van der Waals surface area contributed by atoms with E-state index in [9.17, 15) is 9.90 Å². The van der Waals surface area contributed by atoms with Gasteiger partial charge in [-0.05, 0) is 26.7 Å². The van der Waals surface area contributed by atoms with Gasteiger partial charge in [0.05, 0.1) is 16.8 Å². The molecule has 25 heavy (non-hydrogen) atoms. The van der Waals surface area contributed by atoms with Gasteiger partial charge in [-0.15, -0.1) is 11.8 Å². The highest BCUT2D eigenvalue weighted by atomic mass is 32.2. The quantitative estimate of drug-likeness (QED) is 0.831. The van der Waals surface area contributed by atoms with Crippen LogP contribution in [0.1, 0.15) is 46.6 Å². The van der Waals surface area contributed by atoms with Crippen LogP contribution >= 0.6 is 11.8 Å². The van der Waals surface area contributed by atoms with Crippen LogP contribution in [0.25, 0.3) is 0 Å². The van der Waals surface area contributed by atoms with Crippen molar-refractivity contribution in [2.24, 2.45) is 10.9 Å². The first-order valence-electron chi connectivity index (χ1n) is 8.64. The molecular weight excluding hydrogens is 336 g/mol. The Balaban J connectivity index is 2.21. The van der Waals surface area contributed by atoms with Crippen molar-refractivity contribution in [1.82, 2.24) is 5.32 Å². The van der Waals surface area contributed by atoms with E-state index in [-0.39, 0.29) is 12.0 Å². The van der Waals surface area contributed by atoms with Gasteiger partial charge in [-0.2, -0.15) is 0 Å². The number of ether oxygens (including phenoxy) is 1. The van der Waals surface area contributed by atoms with Crippen LogP contribution in [0.4, 0.5) is 4.79 Å². The molecule has 0 spiro atoms. The maximum absolute atomic E-state index is 12.2. The number of hydrogen-bond donors (Lipinski definition) is 2. The number of carbonyl (C=O) groups is 1. The summed E-state index contributed by atoms with van der Waals surface area (Å²) in [5.41, 5.74) is -1.04. The lowest BCUT2D eigenvalue weighted by Gasteiger charge is -2.26. The zero-order valence-electron chi connectivity index (χ0n) is 15.6. The van der Waals surface area contributed by atoms with Crippen LogP contribution in [0.2, 0.25) is 0 Å². The molecule has 1 aliphatic rings. The third-order valence-corrected chi connectivity index (χ3v) is 5.29. The molecule has 0 saturated carbocycles. The Labute approximate surface area is 154 Å². The minimum atomic E-state index is -1.25. The Bertz CT molecular complexity index is 627. The smallest absolute Gasteiger partial charge is 0.408 e. The monoisotopic (exact) mass is 364 g/mol. The van der Waals surface area contributed by atoms with Crippen molar-refractivity contribution in [1.29, 1.82) is 0 Å². The first kappa shape index (κ1) is 19.8. The van der Waals surface area contributed by atoms with Crippen molar-refractivity contribution < 1.29 is 14.6 Å². The van der Waals surface area contributed by atoms with Gasteiger partial charge < -0.3 is 15.2 Å². The van der Waals surface area contributed by atoms with E-state index in [1.165, 1.54) is 11.8 Å². The molecule has 0 fully saturated rings. The molecule has 5 nitrogen and oxygen atoms in total. The largest absolute Gasteiger partial charge is 0.444 e. The predicted molar refractivity (Wildman–Crippen MR) is 103 cm³/mol. The fraction of sp³-hybridized carbons (Fsp3) is 0.579. The number of amides is 1. The summed E-state index contributed by atoms with van der Waals surface area (Å²) < 4.78 is 5.38. The van der Waals surface area contributed by atoms with Crippen LogP contribution in [0.5, 0.6) is 0 Å². The summed E-state index contributed by atoms with van der Waals surface area (Å²) in [6, 6.07) is 9.14. The number of aliphatic imine (C=N–C) groups is 1. The third kappa shape index (κ3) is 5.22. The molecule has 2 N–H and O–H groups in total. The van der Waals surface area contributed by atoms with Crippen molar-refractivity contribution in [3.63, 3.8) is 0 Å². The highest BCUT2D eigenvalue weighted by Gasteiger charge is 2.39. The second kappa shape index (κ2) is 7.79. The lowest BCUT2D eigenvalue weighted by molar-refractivity contribution is 0.0503. The van der Waals surface area contributed by atoms with Crippen molar-refractivity contribution in [2.75, 3.05) is 5.75 Å². The number of nitrogens with zero attached hydrogens (tertiary/aromatic N) is 1. The van der Waals surface area contributed by atoms with Gasteiger partial charge >= 0.3 is 6.09 Å². The van der Waals surface area contributed by atoms with Crippen LogP contribution in [0.15, 0.2) is 35.3 Å². The molecule has 138 valence electrons. The summed E-state index contributed by atoms with van der Waals surface area (Å²) >= 11 is 1.49. The minimum absolute atomic E-state index is 0.178. The van der Waals surface area contributed by atoms with Crippen molar-refractivity contribution in [2.45, 2.75) is 58.4 Å². The SMILES string of the molecule is CC[C@H](C)[C@H](NC(=O)OC(C)(C)C)C1=NC(O)(c2ccccc2)CS1. The average Bonchev–Trinajstić information content (AvgIpc) is 2.94. The molecule has 6 heteroatoms. The lowest BCUT2D eigenvalue weighted by Crippen LogP contribution is -2.45. The first-order chi connectivity index (χ1) is 11.6. The maximum atomic E-state index is 12.2. The van der Waals surface area contributed by atoms with Gasteiger partial charge in [0, 0.05) is 5.56 Å². The van der Waals surface area contributed by atoms with Crippen molar-refractivity contribution in [3.8, 4) is 0 Å². The number of benzene rings is 1. The molecule has 3 atom stereocenters. The highest BCUT2D eigenvalue weighted by Crippen LogP contribution is 2.36. The summed E-state index contributed by atoms with van der Waals surface area (Å²) in [6.45, 7) is 9.63. The van der Waals surface area contributed by atoms with Gasteiger partial charge in [-0.3, -0.25) is 0 Å². The average molecular weight is 365 g/mol. The second-order valence-electron chi connectivity index (χ2n) is 7.43. The summed E-state index contributed by atoms with van der Waals surface area (Å²) in [5, 5.41) is 14.6. The zero-order chi connectivity index (χ0) is 18.7. The number of hydrogen-bond acceptors (Lipinski definition) is 5. The molecule has 1 heterocycles. The summed E-state index contributed by atoms with van der Waals surface area (Å²) in [6.07, 6.45) is 0.417. The van der Waals surface area contributed by atoms with E-state index < -0.39 is 17.4 Å². The van der Waals surface area contributed by atoms with Gasteiger partial charge in [0.25, 0.3) is 0 Å². The molecule has 0 bridgehead atoms. The Morgan fingerprint density at radius 3 is 2.60 bits per heavy atom. The van der Waals surface area contributed by atoms with E-state index in [1.807, 2.05) is 51.1 Å². The van der Waals surface area contributed by atoms with E-state index in [4.69, 9.17) is 4.74 Å². The Morgan fingerprint density at radius 1 is 1.40 bits per heavy atom. The number of aliphatic hydroxyl groups is 1. The van der Waals surface area contributed by atoms with E-state index in [0.717, 1.165) is 17.0 Å². The molecule has 1 aromatic rings.